The summed E-state index contributed by atoms with van der Waals surface area (Å²) < 4.78 is 5.30. The number of nitrogens with zero attached hydrogens (tertiary/aromatic N) is 1. The Labute approximate surface area is 184 Å². The van der Waals surface area contributed by atoms with E-state index < -0.39 is 6.04 Å². The highest BCUT2D eigenvalue weighted by Gasteiger charge is 2.26. The van der Waals surface area contributed by atoms with E-state index in [-0.39, 0.29) is 11.8 Å². The molecule has 5 nitrogen and oxygen atoms in total. The van der Waals surface area contributed by atoms with Crippen molar-refractivity contribution >= 4 is 23.6 Å². The Morgan fingerprint density at radius 3 is 2.53 bits per heavy atom. The van der Waals surface area contributed by atoms with Crippen molar-refractivity contribution in [2.75, 3.05) is 19.4 Å². The third kappa shape index (κ3) is 7.75. The van der Waals surface area contributed by atoms with Crippen molar-refractivity contribution in [2.45, 2.75) is 45.0 Å². The minimum atomic E-state index is -0.544. The first-order chi connectivity index (χ1) is 14.5. The number of methoxy groups -OCH3 is 1. The summed E-state index contributed by atoms with van der Waals surface area (Å²) in [4.78, 5) is 27.4. The molecule has 0 aliphatic carbocycles. The summed E-state index contributed by atoms with van der Waals surface area (Å²) in [7, 11) is 1.62. The molecule has 0 heterocycles. The lowest BCUT2D eigenvalue weighted by atomic mass is 10.1. The minimum Gasteiger partial charge on any atom is -0.497 e. The molecule has 0 aliphatic rings. The fraction of sp³-hybridized carbons (Fsp3) is 0.417. The van der Waals surface area contributed by atoms with E-state index in [2.05, 4.69) is 24.4 Å². The molecular formula is C24H32N2O3S. The topological polar surface area (TPSA) is 58.6 Å². The predicted molar refractivity (Wildman–Crippen MR) is 124 cm³/mol. The van der Waals surface area contributed by atoms with Gasteiger partial charge in [-0.2, -0.15) is 0 Å². The van der Waals surface area contributed by atoms with E-state index in [1.807, 2.05) is 42.5 Å². The first-order valence-electron chi connectivity index (χ1n) is 10.4. The number of thioether (sulfide) groups is 1. The summed E-state index contributed by atoms with van der Waals surface area (Å²) in [6, 6.07) is 17.1. The Balaban J connectivity index is 2.06. The van der Waals surface area contributed by atoms with Crippen molar-refractivity contribution < 1.29 is 14.3 Å². The summed E-state index contributed by atoms with van der Waals surface area (Å²) in [6.45, 7) is 4.87. The van der Waals surface area contributed by atoms with Gasteiger partial charge in [0.25, 0.3) is 0 Å². The van der Waals surface area contributed by atoms with Crippen molar-refractivity contribution in [1.82, 2.24) is 10.2 Å². The summed E-state index contributed by atoms with van der Waals surface area (Å²) in [5.74, 6) is 1.66. The van der Waals surface area contributed by atoms with Crippen molar-refractivity contribution in [3.8, 4) is 5.75 Å². The van der Waals surface area contributed by atoms with Gasteiger partial charge in [-0.25, -0.2) is 0 Å². The monoisotopic (exact) mass is 428 g/mol. The van der Waals surface area contributed by atoms with Crippen LogP contribution in [-0.4, -0.2) is 42.2 Å². The number of unbranched alkanes of at least 4 members (excludes halogenated alkanes) is 1. The molecule has 0 radical (unpaired) electrons. The minimum absolute atomic E-state index is 0.0445. The molecule has 1 atom stereocenters. The molecule has 0 fully saturated rings. The Morgan fingerprint density at radius 1 is 1.10 bits per heavy atom. The van der Waals surface area contributed by atoms with Crippen LogP contribution >= 0.6 is 11.8 Å². The summed E-state index contributed by atoms with van der Waals surface area (Å²) in [5, 5.41) is 2.94. The fourth-order valence-electron chi connectivity index (χ4n) is 3.00. The molecule has 2 aromatic carbocycles. The highest BCUT2D eigenvalue weighted by atomic mass is 32.2. The number of carbonyl (C=O) groups excluding carboxylic acids is 2. The molecule has 2 amide bonds. The van der Waals surface area contributed by atoms with Crippen molar-refractivity contribution in [2.24, 2.45) is 0 Å². The van der Waals surface area contributed by atoms with Crippen molar-refractivity contribution in [3.05, 3.63) is 65.7 Å². The lowest BCUT2D eigenvalue weighted by molar-refractivity contribution is -0.138. The highest BCUT2D eigenvalue weighted by molar-refractivity contribution is 7.99. The summed E-state index contributed by atoms with van der Waals surface area (Å²) in [5.41, 5.74) is 2.11. The number of ether oxygens (including phenoxy) is 1. The van der Waals surface area contributed by atoms with Gasteiger partial charge in [-0.1, -0.05) is 55.8 Å². The van der Waals surface area contributed by atoms with Crippen LogP contribution < -0.4 is 10.1 Å². The molecule has 2 rings (SSSR count). The fourth-order valence-corrected chi connectivity index (χ4v) is 3.87. The van der Waals surface area contributed by atoms with Crippen molar-refractivity contribution in [3.63, 3.8) is 0 Å². The Kier molecular flexibility index (Phi) is 10.3. The average molecular weight is 429 g/mol. The highest BCUT2D eigenvalue weighted by Crippen LogP contribution is 2.18. The van der Waals surface area contributed by atoms with Gasteiger partial charge >= 0.3 is 0 Å². The molecule has 0 saturated heterocycles. The zero-order chi connectivity index (χ0) is 21.8. The van der Waals surface area contributed by atoms with Gasteiger partial charge in [0.05, 0.1) is 12.9 Å². The van der Waals surface area contributed by atoms with Gasteiger partial charge in [0.2, 0.25) is 11.8 Å². The molecule has 0 unspecified atom stereocenters. The SMILES string of the molecule is CCCCNC(=O)[C@@H](C)N(Cc1cccc(OC)c1)C(=O)CSCc1ccccc1. The molecule has 2 aromatic rings. The van der Waals surface area contributed by atoms with E-state index in [9.17, 15) is 9.59 Å². The van der Waals surface area contributed by atoms with Gasteiger partial charge in [-0.15, -0.1) is 11.8 Å². The molecule has 0 bridgehead atoms. The lowest BCUT2D eigenvalue weighted by Gasteiger charge is -2.29. The van der Waals surface area contributed by atoms with Crippen LogP contribution in [0.25, 0.3) is 0 Å². The van der Waals surface area contributed by atoms with Crippen LogP contribution in [-0.2, 0) is 21.9 Å². The van der Waals surface area contributed by atoms with Gasteiger partial charge < -0.3 is 15.0 Å². The Bertz CT molecular complexity index is 798. The molecule has 0 aliphatic heterocycles. The number of amides is 2. The van der Waals surface area contributed by atoms with Gasteiger partial charge in [0.15, 0.2) is 0 Å². The number of rotatable bonds is 12. The van der Waals surface area contributed by atoms with Crippen molar-refractivity contribution in [1.29, 1.82) is 0 Å². The quantitative estimate of drug-likeness (QED) is 0.513. The number of hydrogen-bond donors (Lipinski definition) is 1. The molecular weight excluding hydrogens is 396 g/mol. The van der Waals surface area contributed by atoms with Crippen LogP contribution in [0.5, 0.6) is 5.75 Å². The molecule has 0 aromatic heterocycles. The Morgan fingerprint density at radius 2 is 1.83 bits per heavy atom. The van der Waals surface area contributed by atoms with E-state index in [0.29, 0.717) is 18.8 Å². The second-order valence-corrected chi connectivity index (χ2v) is 8.16. The third-order valence-electron chi connectivity index (χ3n) is 4.82. The van der Waals surface area contributed by atoms with Crippen LogP contribution in [0.1, 0.15) is 37.8 Å². The second kappa shape index (κ2) is 13.0. The smallest absolute Gasteiger partial charge is 0.242 e. The maximum absolute atomic E-state index is 13.1. The maximum Gasteiger partial charge on any atom is 0.242 e. The van der Waals surface area contributed by atoms with Crippen LogP contribution in [0, 0.1) is 0 Å². The number of benzene rings is 2. The lowest BCUT2D eigenvalue weighted by Crippen LogP contribution is -2.48. The predicted octanol–water partition coefficient (Wildman–Crippen LogP) is 4.26. The number of hydrogen-bond acceptors (Lipinski definition) is 4. The van der Waals surface area contributed by atoms with E-state index in [1.54, 1.807) is 30.7 Å². The molecule has 1 N–H and O–H groups in total. The summed E-state index contributed by atoms with van der Waals surface area (Å²) >= 11 is 1.56. The van der Waals surface area contributed by atoms with Crippen LogP contribution in [0.15, 0.2) is 54.6 Å². The maximum atomic E-state index is 13.1. The molecule has 162 valence electrons. The molecule has 0 spiro atoms. The third-order valence-corrected chi connectivity index (χ3v) is 5.81. The van der Waals surface area contributed by atoms with Gasteiger partial charge in [-0.3, -0.25) is 9.59 Å². The zero-order valence-electron chi connectivity index (χ0n) is 18.1. The normalized spacial score (nSPS) is 11.6. The standard InChI is InChI=1S/C24H32N2O3S/c1-4-5-14-25-24(28)19(2)26(16-21-12-9-13-22(15-21)29-3)23(27)18-30-17-20-10-7-6-8-11-20/h6-13,15,19H,4-5,14,16-18H2,1-3H3,(H,25,28)/t19-/m1/s1. The Hall–Kier alpha value is -2.47. The largest absolute Gasteiger partial charge is 0.497 e. The van der Waals surface area contributed by atoms with Gasteiger partial charge in [-0.05, 0) is 36.6 Å². The van der Waals surface area contributed by atoms with E-state index in [0.717, 1.165) is 29.9 Å². The molecule has 6 heteroatoms. The van der Waals surface area contributed by atoms with Crippen LogP contribution in [0.2, 0.25) is 0 Å². The van der Waals surface area contributed by atoms with E-state index >= 15 is 0 Å². The average Bonchev–Trinajstić information content (AvgIpc) is 2.77. The first kappa shape index (κ1) is 23.8. The second-order valence-electron chi connectivity index (χ2n) is 7.17. The number of carbonyl (C=O) groups is 2. The van der Waals surface area contributed by atoms with E-state index in [1.165, 1.54) is 5.56 Å². The first-order valence-corrected chi connectivity index (χ1v) is 11.5. The molecule has 0 saturated carbocycles. The zero-order valence-corrected chi connectivity index (χ0v) is 18.9. The molecule has 30 heavy (non-hydrogen) atoms. The van der Waals surface area contributed by atoms with Gasteiger partial charge in [0, 0.05) is 18.8 Å². The van der Waals surface area contributed by atoms with Crippen LogP contribution in [0.4, 0.5) is 0 Å². The van der Waals surface area contributed by atoms with Gasteiger partial charge in [0.1, 0.15) is 11.8 Å². The van der Waals surface area contributed by atoms with E-state index in [4.69, 9.17) is 4.74 Å². The van der Waals surface area contributed by atoms with Crippen LogP contribution in [0.3, 0.4) is 0 Å². The number of nitrogens with one attached hydrogen (secondary N) is 1. The summed E-state index contributed by atoms with van der Waals surface area (Å²) in [6.07, 6.45) is 1.94.